The largest absolute Gasteiger partial charge is 0.406 e. The Morgan fingerprint density at radius 3 is 2.64 bits per heavy atom. The molecule has 0 radical (unpaired) electrons. The number of amides is 1. The molecule has 1 atom stereocenters. The molecule has 3 heterocycles. The van der Waals surface area contributed by atoms with Crippen LogP contribution in [0.25, 0.3) is 22.4 Å². The van der Waals surface area contributed by atoms with Crippen molar-refractivity contribution in [1.82, 2.24) is 30.5 Å². The number of carbonyl (C=O) groups excluding carboxylic acids is 1. The van der Waals surface area contributed by atoms with Crippen molar-refractivity contribution in [2.75, 3.05) is 5.73 Å². The number of nitrogens with two attached hydrogens (primary N) is 1. The summed E-state index contributed by atoms with van der Waals surface area (Å²) < 4.78 is 5.41. The molecule has 4 N–H and O–H groups in total. The number of aromatic amines is 1. The van der Waals surface area contributed by atoms with Crippen LogP contribution in [0, 0.1) is 0 Å². The van der Waals surface area contributed by atoms with Crippen LogP contribution in [0.4, 0.5) is 6.01 Å². The van der Waals surface area contributed by atoms with E-state index in [9.17, 15) is 4.79 Å². The van der Waals surface area contributed by atoms with Gasteiger partial charge in [0.15, 0.2) is 0 Å². The number of fused-ring (bicyclic) bond motifs is 1. The second-order valence-corrected chi connectivity index (χ2v) is 7.58. The summed E-state index contributed by atoms with van der Waals surface area (Å²) in [6.07, 6.45) is 4.72. The highest BCUT2D eigenvalue weighted by atomic mass is 16.4. The number of aryl methyl sites for hydroxylation is 1. The lowest BCUT2D eigenvalue weighted by molar-refractivity contribution is 0.0928. The first-order valence-corrected chi connectivity index (χ1v) is 10.5. The minimum atomic E-state index is -0.479. The first kappa shape index (κ1) is 20.4. The minimum absolute atomic E-state index is 0.0357. The number of nitrogens with one attached hydrogen (secondary N) is 2. The quantitative estimate of drug-likeness (QED) is 0.352. The van der Waals surface area contributed by atoms with E-state index in [1.807, 2.05) is 48.5 Å². The normalized spacial score (nSPS) is 12.0. The van der Waals surface area contributed by atoms with Gasteiger partial charge < -0.3 is 20.5 Å². The maximum atomic E-state index is 13.1. The molecule has 2 aromatic carbocycles. The maximum Gasteiger partial charge on any atom is 0.312 e. The Balaban J connectivity index is 1.36. The van der Waals surface area contributed by atoms with E-state index in [1.165, 1.54) is 0 Å². The summed E-state index contributed by atoms with van der Waals surface area (Å²) in [5.41, 5.74) is 9.69. The molecular weight excluding hydrogens is 418 g/mol. The molecule has 164 valence electrons. The predicted octanol–water partition coefficient (Wildman–Crippen LogP) is 3.69. The summed E-state index contributed by atoms with van der Waals surface area (Å²) in [7, 11) is 0. The lowest BCUT2D eigenvalue weighted by atomic mass is 10.0. The van der Waals surface area contributed by atoms with Gasteiger partial charge in [-0.2, -0.15) is 0 Å². The van der Waals surface area contributed by atoms with Gasteiger partial charge in [0.2, 0.25) is 5.89 Å². The molecule has 0 saturated carbocycles. The highest BCUT2D eigenvalue weighted by Gasteiger charge is 2.22. The van der Waals surface area contributed by atoms with Gasteiger partial charge in [-0.15, -0.1) is 5.10 Å². The third-order valence-corrected chi connectivity index (χ3v) is 5.32. The molecule has 0 aliphatic rings. The van der Waals surface area contributed by atoms with Gasteiger partial charge >= 0.3 is 6.01 Å². The summed E-state index contributed by atoms with van der Waals surface area (Å²) >= 11 is 0. The zero-order valence-electron chi connectivity index (χ0n) is 17.6. The average molecular weight is 439 g/mol. The van der Waals surface area contributed by atoms with E-state index in [-0.39, 0.29) is 17.8 Å². The molecular formula is C24H21N7O2. The molecule has 0 spiro atoms. The van der Waals surface area contributed by atoms with Crippen molar-refractivity contribution < 1.29 is 9.21 Å². The van der Waals surface area contributed by atoms with Crippen LogP contribution in [0.5, 0.6) is 0 Å². The van der Waals surface area contributed by atoms with Gasteiger partial charge in [0.05, 0.1) is 11.0 Å². The lowest BCUT2D eigenvalue weighted by Gasteiger charge is -2.15. The fourth-order valence-corrected chi connectivity index (χ4v) is 3.64. The second-order valence-electron chi connectivity index (χ2n) is 7.58. The van der Waals surface area contributed by atoms with E-state index in [1.54, 1.807) is 24.5 Å². The number of hydrogen-bond donors (Lipinski definition) is 3. The highest BCUT2D eigenvalue weighted by molar-refractivity contribution is 5.97. The van der Waals surface area contributed by atoms with Gasteiger partial charge in [0.1, 0.15) is 11.9 Å². The SMILES string of the molecule is Nc1nnc([C@H](CCc2ccccc2)NC(=O)c2ccc3nc(-c4ccncc4)[nH]c3c2)o1. The number of benzene rings is 2. The molecule has 5 rings (SSSR count). The van der Waals surface area contributed by atoms with Crippen LogP contribution in [-0.4, -0.2) is 31.1 Å². The standard InChI is InChI=1S/C24H21N7O2/c25-24-31-30-23(33-24)19(8-6-15-4-2-1-3-5-15)29-22(32)17-7-9-18-20(14-17)28-21(27-18)16-10-12-26-13-11-16/h1-5,7,9-14,19H,6,8H2,(H2,25,31)(H,27,28)(H,29,32)/t19-/m0/s1. The number of nitrogen functional groups attached to an aromatic ring is 1. The van der Waals surface area contributed by atoms with Crippen molar-refractivity contribution in [2.45, 2.75) is 18.9 Å². The monoisotopic (exact) mass is 439 g/mol. The molecule has 0 saturated heterocycles. The van der Waals surface area contributed by atoms with Crippen molar-refractivity contribution in [3.05, 3.63) is 90.1 Å². The van der Waals surface area contributed by atoms with Crippen LogP contribution in [-0.2, 0) is 6.42 Å². The fourth-order valence-electron chi connectivity index (χ4n) is 3.64. The number of aromatic nitrogens is 5. The van der Waals surface area contributed by atoms with E-state index in [0.29, 0.717) is 17.8 Å². The Hall–Kier alpha value is -4.53. The molecule has 1 amide bonds. The topological polar surface area (TPSA) is 136 Å². The van der Waals surface area contributed by atoms with Gasteiger partial charge in [-0.05, 0) is 48.7 Å². The number of anilines is 1. The zero-order chi connectivity index (χ0) is 22.6. The van der Waals surface area contributed by atoms with Crippen LogP contribution < -0.4 is 11.1 Å². The molecule has 0 bridgehead atoms. The molecule has 0 aliphatic heterocycles. The summed E-state index contributed by atoms with van der Waals surface area (Å²) in [4.78, 5) is 25.0. The Morgan fingerprint density at radius 2 is 1.88 bits per heavy atom. The van der Waals surface area contributed by atoms with Crippen LogP contribution in [0.1, 0.15) is 34.3 Å². The third-order valence-electron chi connectivity index (χ3n) is 5.32. The van der Waals surface area contributed by atoms with Crippen molar-refractivity contribution in [3.63, 3.8) is 0 Å². The van der Waals surface area contributed by atoms with Crippen molar-refractivity contribution in [3.8, 4) is 11.4 Å². The Labute approximate surface area is 189 Å². The van der Waals surface area contributed by atoms with E-state index in [4.69, 9.17) is 10.2 Å². The maximum absolute atomic E-state index is 13.1. The molecule has 0 fully saturated rings. The first-order valence-electron chi connectivity index (χ1n) is 10.5. The fraction of sp³-hybridized carbons (Fsp3) is 0.125. The lowest BCUT2D eigenvalue weighted by Crippen LogP contribution is -2.29. The number of carbonyl (C=O) groups is 1. The van der Waals surface area contributed by atoms with Crippen LogP contribution in [0.15, 0.2) is 77.5 Å². The number of H-pyrrole nitrogens is 1. The number of nitrogens with zero attached hydrogens (tertiary/aromatic N) is 4. The van der Waals surface area contributed by atoms with Crippen molar-refractivity contribution in [1.29, 1.82) is 0 Å². The van der Waals surface area contributed by atoms with Gasteiger partial charge in [0, 0.05) is 23.5 Å². The second kappa shape index (κ2) is 8.91. The Morgan fingerprint density at radius 1 is 1.06 bits per heavy atom. The molecule has 9 nitrogen and oxygen atoms in total. The summed E-state index contributed by atoms with van der Waals surface area (Å²) in [5.74, 6) is 0.734. The minimum Gasteiger partial charge on any atom is -0.406 e. The van der Waals surface area contributed by atoms with E-state index < -0.39 is 6.04 Å². The van der Waals surface area contributed by atoms with Crippen LogP contribution >= 0.6 is 0 Å². The van der Waals surface area contributed by atoms with Gasteiger partial charge in [-0.3, -0.25) is 9.78 Å². The van der Waals surface area contributed by atoms with Crippen molar-refractivity contribution in [2.24, 2.45) is 0 Å². The van der Waals surface area contributed by atoms with E-state index in [2.05, 4.69) is 30.5 Å². The molecule has 3 aromatic heterocycles. The Kier molecular flexibility index (Phi) is 5.50. The summed E-state index contributed by atoms with van der Waals surface area (Å²) in [6, 6.07) is 18.6. The number of imidazole rings is 1. The molecule has 9 heteroatoms. The van der Waals surface area contributed by atoms with Gasteiger partial charge in [-0.1, -0.05) is 35.4 Å². The Bertz CT molecular complexity index is 1380. The molecule has 0 unspecified atom stereocenters. The number of rotatable bonds is 7. The van der Waals surface area contributed by atoms with Crippen LogP contribution in [0.3, 0.4) is 0 Å². The van der Waals surface area contributed by atoms with E-state index in [0.717, 1.165) is 28.6 Å². The van der Waals surface area contributed by atoms with Gasteiger partial charge in [0.25, 0.3) is 5.91 Å². The summed E-state index contributed by atoms with van der Waals surface area (Å²) in [6.45, 7) is 0. The zero-order valence-corrected chi connectivity index (χ0v) is 17.6. The molecule has 0 aliphatic carbocycles. The van der Waals surface area contributed by atoms with E-state index >= 15 is 0 Å². The highest BCUT2D eigenvalue weighted by Crippen LogP contribution is 2.23. The molecule has 5 aromatic rings. The number of hydrogen-bond acceptors (Lipinski definition) is 7. The predicted molar refractivity (Wildman–Crippen MR) is 123 cm³/mol. The smallest absolute Gasteiger partial charge is 0.312 e. The van der Waals surface area contributed by atoms with Gasteiger partial charge in [-0.25, -0.2) is 4.98 Å². The molecule has 33 heavy (non-hydrogen) atoms. The van der Waals surface area contributed by atoms with Crippen LogP contribution in [0.2, 0.25) is 0 Å². The average Bonchev–Trinajstić information content (AvgIpc) is 3.48. The first-order chi connectivity index (χ1) is 16.2. The number of pyridine rings is 1. The third kappa shape index (κ3) is 4.57. The van der Waals surface area contributed by atoms with Crippen molar-refractivity contribution >= 4 is 23.0 Å². The summed E-state index contributed by atoms with van der Waals surface area (Å²) in [5, 5.41) is 10.7.